The molecule has 0 bridgehead atoms. The number of hydrogen-bond acceptors (Lipinski definition) is 4. The summed E-state index contributed by atoms with van der Waals surface area (Å²) in [5, 5.41) is 2.35. The van der Waals surface area contributed by atoms with E-state index in [4.69, 9.17) is 5.73 Å². The number of rotatable bonds is 8. The van der Waals surface area contributed by atoms with E-state index >= 15 is 0 Å². The molecule has 7 nitrogen and oxygen atoms in total. The van der Waals surface area contributed by atoms with Gasteiger partial charge in [0.2, 0.25) is 11.8 Å². The number of aromatic nitrogens is 2. The van der Waals surface area contributed by atoms with E-state index in [1.807, 2.05) is 12.1 Å². The highest BCUT2D eigenvalue weighted by Gasteiger charge is 2.31. The average Bonchev–Trinajstić information content (AvgIpc) is 2.90. The predicted molar refractivity (Wildman–Crippen MR) is 112 cm³/mol. The third-order valence-electron chi connectivity index (χ3n) is 5.36. The summed E-state index contributed by atoms with van der Waals surface area (Å²) < 4.78 is 3.17. The molecule has 0 aliphatic carbocycles. The van der Waals surface area contributed by atoms with Crippen molar-refractivity contribution in [2.45, 2.75) is 57.4 Å². The number of amides is 2. The molecule has 1 fully saturated rings. The van der Waals surface area contributed by atoms with Crippen LogP contribution in [0.2, 0.25) is 0 Å². The minimum absolute atomic E-state index is 0. The molecule has 1 aliphatic rings. The zero-order valence-corrected chi connectivity index (χ0v) is 17.1. The summed E-state index contributed by atoms with van der Waals surface area (Å²) in [6.07, 6.45) is 7.09. The number of imide groups is 1. The number of piperidine rings is 1. The number of hydrogen-bond donors (Lipinski definition) is 2. The van der Waals surface area contributed by atoms with Gasteiger partial charge in [0.1, 0.15) is 6.04 Å². The molecule has 2 amide bonds. The second-order valence-electron chi connectivity index (χ2n) is 7.27. The minimum Gasteiger partial charge on any atom is -0.330 e. The van der Waals surface area contributed by atoms with Gasteiger partial charge in [0, 0.05) is 13.5 Å². The Balaban J connectivity index is 0.00000280. The number of imidazole rings is 1. The van der Waals surface area contributed by atoms with Crippen LogP contribution in [0, 0.1) is 0 Å². The molecule has 1 unspecified atom stereocenters. The molecule has 8 heteroatoms. The van der Waals surface area contributed by atoms with Crippen LogP contribution in [-0.2, 0) is 23.1 Å². The molecule has 154 valence electrons. The normalized spacial score (nSPS) is 16.9. The first kappa shape index (κ1) is 22.2. The zero-order chi connectivity index (χ0) is 19.4. The monoisotopic (exact) mass is 408 g/mol. The fourth-order valence-electron chi connectivity index (χ4n) is 3.94. The lowest BCUT2D eigenvalue weighted by atomic mass is 10.0. The number of benzene rings is 1. The summed E-state index contributed by atoms with van der Waals surface area (Å²) in [7, 11) is 1.75. The smallest absolute Gasteiger partial charge is 0.329 e. The first-order valence-electron chi connectivity index (χ1n) is 9.77. The van der Waals surface area contributed by atoms with Gasteiger partial charge in [-0.25, -0.2) is 4.79 Å². The van der Waals surface area contributed by atoms with Crippen LogP contribution in [0.1, 0.15) is 56.6 Å². The average molecular weight is 409 g/mol. The van der Waals surface area contributed by atoms with Gasteiger partial charge in [-0.1, -0.05) is 31.4 Å². The molecule has 3 rings (SSSR count). The van der Waals surface area contributed by atoms with Gasteiger partial charge >= 0.3 is 5.69 Å². The number of halogens is 1. The maximum Gasteiger partial charge on any atom is 0.329 e. The molecule has 1 aromatic heterocycles. The van der Waals surface area contributed by atoms with E-state index in [-0.39, 0.29) is 30.4 Å². The molecule has 3 N–H and O–H groups in total. The lowest BCUT2D eigenvalue weighted by Gasteiger charge is -2.21. The van der Waals surface area contributed by atoms with Crippen molar-refractivity contribution in [2.75, 3.05) is 6.54 Å². The summed E-state index contributed by atoms with van der Waals surface area (Å²) >= 11 is 0. The van der Waals surface area contributed by atoms with Gasteiger partial charge in [-0.2, -0.15) is 0 Å². The first-order chi connectivity index (χ1) is 13.0. The number of nitrogens with zero attached hydrogens (tertiary/aromatic N) is 2. The molecule has 1 aromatic carbocycles. The summed E-state index contributed by atoms with van der Waals surface area (Å²) in [5.41, 5.74) is 8.08. The van der Waals surface area contributed by atoms with E-state index in [0.29, 0.717) is 6.42 Å². The highest BCUT2D eigenvalue weighted by atomic mass is 35.5. The van der Waals surface area contributed by atoms with E-state index in [1.165, 1.54) is 6.42 Å². The first-order valence-corrected chi connectivity index (χ1v) is 9.77. The molecule has 1 aliphatic heterocycles. The van der Waals surface area contributed by atoms with Crippen LogP contribution < -0.4 is 16.7 Å². The zero-order valence-electron chi connectivity index (χ0n) is 16.3. The second kappa shape index (κ2) is 9.89. The maximum atomic E-state index is 12.9. The number of aryl methyl sites for hydroxylation is 2. The fraction of sp³-hybridized carbons (Fsp3) is 0.550. The Morgan fingerprint density at radius 2 is 1.82 bits per heavy atom. The van der Waals surface area contributed by atoms with Gasteiger partial charge in [0.15, 0.2) is 0 Å². The van der Waals surface area contributed by atoms with Crippen molar-refractivity contribution in [2.24, 2.45) is 12.8 Å². The van der Waals surface area contributed by atoms with E-state index < -0.39 is 11.9 Å². The molecule has 28 heavy (non-hydrogen) atoms. The van der Waals surface area contributed by atoms with Crippen molar-refractivity contribution in [3.8, 4) is 0 Å². The number of fused-ring (bicyclic) bond motifs is 1. The Bertz CT molecular complexity index is 903. The van der Waals surface area contributed by atoms with Crippen LogP contribution >= 0.6 is 12.4 Å². The van der Waals surface area contributed by atoms with E-state index in [2.05, 4.69) is 11.4 Å². The van der Waals surface area contributed by atoms with Gasteiger partial charge in [-0.15, -0.1) is 12.4 Å². The van der Waals surface area contributed by atoms with Crippen LogP contribution in [0.5, 0.6) is 0 Å². The predicted octanol–water partition coefficient (Wildman–Crippen LogP) is 2.19. The molecular weight excluding hydrogens is 380 g/mol. The summed E-state index contributed by atoms with van der Waals surface area (Å²) in [5.74, 6) is -0.675. The topological polar surface area (TPSA) is 99.1 Å². The molecular formula is C20H29ClN4O3. The Kier molecular flexibility index (Phi) is 7.83. The van der Waals surface area contributed by atoms with Crippen LogP contribution in [0.4, 0.5) is 0 Å². The van der Waals surface area contributed by atoms with Gasteiger partial charge in [0.25, 0.3) is 0 Å². The molecule has 0 spiro atoms. The molecule has 0 saturated carbocycles. The number of para-hydroxylation sites is 1. The fourth-order valence-corrected chi connectivity index (χ4v) is 3.94. The minimum atomic E-state index is -0.634. The van der Waals surface area contributed by atoms with Crippen molar-refractivity contribution in [1.82, 2.24) is 14.5 Å². The SMILES string of the molecule is Cl.Cn1c(=O)n(C2CCC(=O)NC2=O)c2cccc(CCCCCCCN)c21. The van der Waals surface area contributed by atoms with Crippen molar-refractivity contribution < 1.29 is 9.59 Å². The maximum absolute atomic E-state index is 12.9. The van der Waals surface area contributed by atoms with Gasteiger partial charge in [0.05, 0.1) is 11.0 Å². The van der Waals surface area contributed by atoms with Crippen molar-refractivity contribution in [3.63, 3.8) is 0 Å². The lowest BCUT2D eigenvalue weighted by molar-refractivity contribution is -0.135. The van der Waals surface area contributed by atoms with Crippen LogP contribution in [-0.4, -0.2) is 27.5 Å². The lowest BCUT2D eigenvalue weighted by Crippen LogP contribution is -2.44. The standard InChI is InChI=1S/C20H28N4O3.ClH/c1-23-18-14(8-5-3-2-4-6-13-21)9-7-10-15(18)24(20(23)27)16-11-12-17(25)22-19(16)26;/h7,9-10,16H,2-6,8,11-13,21H2,1H3,(H,22,25,26);1H. The third kappa shape index (κ3) is 4.47. The van der Waals surface area contributed by atoms with E-state index in [9.17, 15) is 14.4 Å². The molecule has 1 atom stereocenters. The molecule has 2 aromatic rings. The molecule has 2 heterocycles. The number of carbonyl (C=O) groups is 2. The second-order valence-corrected chi connectivity index (χ2v) is 7.27. The van der Waals surface area contributed by atoms with Gasteiger partial charge < -0.3 is 5.73 Å². The molecule has 1 saturated heterocycles. The number of carbonyl (C=O) groups excluding carboxylic acids is 2. The quantitative estimate of drug-likeness (QED) is 0.516. The van der Waals surface area contributed by atoms with Crippen LogP contribution in [0.15, 0.2) is 23.0 Å². The van der Waals surface area contributed by atoms with Gasteiger partial charge in [-0.3, -0.25) is 24.0 Å². The van der Waals surface area contributed by atoms with E-state index in [1.54, 1.807) is 16.2 Å². The molecule has 0 radical (unpaired) electrons. The summed E-state index contributed by atoms with van der Waals surface area (Å²) in [4.78, 5) is 36.6. The van der Waals surface area contributed by atoms with Crippen LogP contribution in [0.25, 0.3) is 11.0 Å². The third-order valence-corrected chi connectivity index (χ3v) is 5.36. The summed E-state index contributed by atoms with van der Waals surface area (Å²) in [6.45, 7) is 0.745. The number of nitrogens with one attached hydrogen (secondary N) is 1. The van der Waals surface area contributed by atoms with Crippen LogP contribution in [0.3, 0.4) is 0 Å². The highest BCUT2D eigenvalue weighted by Crippen LogP contribution is 2.25. The largest absolute Gasteiger partial charge is 0.330 e. The van der Waals surface area contributed by atoms with Crippen molar-refractivity contribution in [1.29, 1.82) is 0 Å². The number of unbranched alkanes of at least 4 members (excludes halogenated alkanes) is 4. The Morgan fingerprint density at radius 1 is 1.11 bits per heavy atom. The highest BCUT2D eigenvalue weighted by molar-refractivity contribution is 6.00. The van der Waals surface area contributed by atoms with E-state index in [0.717, 1.165) is 55.2 Å². The Morgan fingerprint density at radius 3 is 2.54 bits per heavy atom. The Labute approximate surface area is 170 Å². The van der Waals surface area contributed by atoms with Crippen molar-refractivity contribution >= 4 is 35.3 Å². The summed E-state index contributed by atoms with van der Waals surface area (Å²) in [6, 6.07) is 5.24. The van der Waals surface area contributed by atoms with Gasteiger partial charge in [-0.05, 0) is 43.9 Å². The number of nitrogens with two attached hydrogens (primary N) is 1. The van der Waals surface area contributed by atoms with Crippen molar-refractivity contribution in [3.05, 3.63) is 34.2 Å². The Hall–Kier alpha value is -2.12.